The van der Waals surface area contributed by atoms with Gasteiger partial charge in [-0.1, -0.05) is 11.6 Å². The molecular formula is C13H10BrClN2O2. The van der Waals surface area contributed by atoms with E-state index in [1.807, 2.05) is 0 Å². The van der Waals surface area contributed by atoms with Crippen molar-refractivity contribution in [3.05, 3.63) is 51.5 Å². The van der Waals surface area contributed by atoms with Crippen LogP contribution in [0, 0.1) is 0 Å². The van der Waals surface area contributed by atoms with Gasteiger partial charge in [-0.05, 0) is 52.3 Å². The van der Waals surface area contributed by atoms with Crippen molar-refractivity contribution in [2.75, 3.05) is 11.1 Å². The van der Waals surface area contributed by atoms with E-state index in [2.05, 4.69) is 21.2 Å². The summed E-state index contributed by atoms with van der Waals surface area (Å²) in [4.78, 5) is 12.0. The van der Waals surface area contributed by atoms with Crippen molar-refractivity contribution in [2.45, 2.75) is 0 Å². The van der Waals surface area contributed by atoms with Crippen LogP contribution in [-0.4, -0.2) is 11.0 Å². The van der Waals surface area contributed by atoms with Gasteiger partial charge in [0.1, 0.15) is 5.75 Å². The molecule has 1 amide bonds. The molecule has 0 aliphatic heterocycles. The van der Waals surface area contributed by atoms with Gasteiger partial charge in [-0.2, -0.15) is 0 Å². The number of hydrogen-bond donors (Lipinski definition) is 3. The molecule has 6 heteroatoms. The summed E-state index contributed by atoms with van der Waals surface area (Å²) in [5.41, 5.74) is 7.02. The van der Waals surface area contributed by atoms with Crippen molar-refractivity contribution in [1.82, 2.24) is 0 Å². The maximum Gasteiger partial charge on any atom is 0.257 e. The molecule has 0 aliphatic rings. The fraction of sp³-hybridized carbons (Fsp3) is 0. The Morgan fingerprint density at radius 1 is 1.26 bits per heavy atom. The quantitative estimate of drug-likeness (QED) is 0.730. The van der Waals surface area contributed by atoms with Gasteiger partial charge in [-0.15, -0.1) is 0 Å². The summed E-state index contributed by atoms with van der Waals surface area (Å²) in [5.74, 6) is -0.425. The van der Waals surface area contributed by atoms with Crippen LogP contribution in [0.5, 0.6) is 5.75 Å². The summed E-state index contributed by atoms with van der Waals surface area (Å²) in [6.07, 6.45) is 0. The van der Waals surface area contributed by atoms with Crippen LogP contribution in [0.3, 0.4) is 0 Å². The summed E-state index contributed by atoms with van der Waals surface area (Å²) in [7, 11) is 0. The molecule has 0 aromatic heterocycles. The minimum absolute atomic E-state index is 0.0203. The fourth-order valence-electron chi connectivity index (χ4n) is 1.49. The van der Waals surface area contributed by atoms with Crippen LogP contribution < -0.4 is 11.1 Å². The van der Waals surface area contributed by atoms with E-state index in [1.54, 1.807) is 18.2 Å². The number of nitrogens with two attached hydrogens (primary N) is 1. The Kier molecular flexibility index (Phi) is 3.97. The normalized spacial score (nSPS) is 10.2. The average Bonchev–Trinajstić information content (AvgIpc) is 2.36. The molecule has 2 rings (SSSR count). The number of halogens is 2. The van der Waals surface area contributed by atoms with Crippen LogP contribution in [0.15, 0.2) is 40.9 Å². The second-order valence-electron chi connectivity index (χ2n) is 3.85. The molecule has 0 atom stereocenters. The maximum absolute atomic E-state index is 12.0. The highest BCUT2D eigenvalue weighted by Crippen LogP contribution is 2.25. The predicted molar refractivity (Wildman–Crippen MR) is 79.6 cm³/mol. The molecule has 98 valence electrons. The van der Waals surface area contributed by atoms with Crippen molar-refractivity contribution < 1.29 is 9.90 Å². The van der Waals surface area contributed by atoms with Gasteiger partial charge in [-0.3, -0.25) is 4.79 Å². The summed E-state index contributed by atoms with van der Waals surface area (Å²) in [5, 5.41) is 12.3. The first-order valence-corrected chi connectivity index (χ1v) is 6.49. The monoisotopic (exact) mass is 340 g/mol. The van der Waals surface area contributed by atoms with E-state index in [-0.39, 0.29) is 16.3 Å². The van der Waals surface area contributed by atoms with E-state index in [4.69, 9.17) is 17.3 Å². The number of nitrogen functional groups attached to an aromatic ring is 1. The van der Waals surface area contributed by atoms with E-state index in [9.17, 15) is 9.90 Å². The van der Waals surface area contributed by atoms with E-state index in [0.717, 1.165) is 0 Å². The highest BCUT2D eigenvalue weighted by atomic mass is 79.9. The lowest BCUT2D eigenvalue weighted by Gasteiger charge is -2.08. The standard InChI is InChI=1S/C13H10BrClN2O2/c14-10-5-7(1-4-12(10)16)17-13(19)9-6-8(18)2-3-11(9)15/h1-6,18H,16H2,(H,17,19). The topological polar surface area (TPSA) is 75.3 Å². The van der Waals surface area contributed by atoms with Crippen LogP contribution in [-0.2, 0) is 0 Å². The average molecular weight is 342 g/mol. The molecule has 2 aromatic rings. The molecule has 0 unspecified atom stereocenters. The molecule has 4 nitrogen and oxygen atoms in total. The number of aromatic hydroxyl groups is 1. The summed E-state index contributed by atoms with van der Waals surface area (Å²) < 4.78 is 0.687. The first-order chi connectivity index (χ1) is 8.97. The van der Waals surface area contributed by atoms with Gasteiger partial charge in [0.05, 0.1) is 10.6 Å². The Morgan fingerprint density at radius 3 is 2.68 bits per heavy atom. The molecule has 0 saturated heterocycles. The van der Waals surface area contributed by atoms with Crippen LogP contribution >= 0.6 is 27.5 Å². The smallest absolute Gasteiger partial charge is 0.257 e. The number of anilines is 2. The fourth-order valence-corrected chi connectivity index (χ4v) is 2.07. The lowest BCUT2D eigenvalue weighted by molar-refractivity contribution is 0.102. The Labute approximate surface area is 123 Å². The summed E-state index contributed by atoms with van der Waals surface area (Å²) >= 11 is 9.19. The van der Waals surface area contributed by atoms with Gasteiger partial charge in [0.15, 0.2) is 0 Å². The third-order valence-electron chi connectivity index (χ3n) is 2.45. The van der Waals surface area contributed by atoms with E-state index < -0.39 is 5.91 Å². The largest absolute Gasteiger partial charge is 0.508 e. The second-order valence-corrected chi connectivity index (χ2v) is 5.12. The van der Waals surface area contributed by atoms with E-state index in [0.29, 0.717) is 15.8 Å². The Morgan fingerprint density at radius 2 is 2.00 bits per heavy atom. The number of hydrogen-bond acceptors (Lipinski definition) is 3. The number of benzene rings is 2. The zero-order valence-electron chi connectivity index (χ0n) is 9.65. The summed E-state index contributed by atoms with van der Waals surface area (Å²) in [6.45, 7) is 0. The zero-order valence-corrected chi connectivity index (χ0v) is 12.0. The molecule has 2 aromatic carbocycles. The van der Waals surface area contributed by atoms with Crippen molar-refractivity contribution in [1.29, 1.82) is 0 Å². The first kappa shape index (κ1) is 13.7. The molecular weight excluding hydrogens is 332 g/mol. The number of carbonyl (C=O) groups is 1. The molecule has 0 radical (unpaired) electrons. The zero-order chi connectivity index (χ0) is 14.0. The highest BCUT2D eigenvalue weighted by Gasteiger charge is 2.12. The lowest BCUT2D eigenvalue weighted by Crippen LogP contribution is -2.12. The third-order valence-corrected chi connectivity index (χ3v) is 3.47. The molecule has 0 heterocycles. The summed E-state index contributed by atoms with van der Waals surface area (Å²) in [6, 6.07) is 9.22. The van der Waals surface area contributed by atoms with Gasteiger partial charge < -0.3 is 16.2 Å². The molecule has 0 bridgehead atoms. The second kappa shape index (κ2) is 5.50. The minimum atomic E-state index is -0.405. The Balaban J connectivity index is 2.25. The molecule has 4 N–H and O–H groups in total. The number of carbonyl (C=O) groups excluding carboxylic acids is 1. The van der Waals surface area contributed by atoms with Crippen LogP contribution in [0.4, 0.5) is 11.4 Å². The minimum Gasteiger partial charge on any atom is -0.508 e. The maximum atomic E-state index is 12.0. The van der Waals surface area contributed by atoms with Crippen molar-refractivity contribution >= 4 is 44.8 Å². The SMILES string of the molecule is Nc1ccc(NC(=O)c2cc(O)ccc2Cl)cc1Br. The van der Waals surface area contributed by atoms with Crippen LogP contribution in [0.1, 0.15) is 10.4 Å². The van der Waals surface area contributed by atoms with Crippen molar-refractivity contribution in [3.8, 4) is 5.75 Å². The Bertz CT molecular complexity index is 647. The molecule has 19 heavy (non-hydrogen) atoms. The molecule has 0 aliphatic carbocycles. The van der Waals surface area contributed by atoms with Gasteiger partial charge in [0.2, 0.25) is 0 Å². The third kappa shape index (κ3) is 3.19. The number of phenolic OH excluding ortho intramolecular Hbond substituents is 1. The molecule has 0 spiro atoms. The van der Waals surface area contributed by atoms with Gasteiger partial charge in [0.25, 0.3) is 5.91 Å². The van der Waals surface area contributed by atoms with E-state index >= 15 is 0 Å². The van der Waals surface area contributed by atoms with Crippen LogP contribution in [0.25, 0.3) is 0 Å². The number of nitrogens with one attached hydrogen (secondary N) is 1. The predicted octanol–water partition coefficient (Wildman–Crippen LogP) is 3.64. The van der Waals surface area contributed by atoms with Crippen molar-refractivity contribution in [3.63, 3.8) is 0 Å². The number of rotatable bonds is 2. The van der Waals surface area contributed by atoms with Gasteiger partial charge in [0, 0.05) is 15.8 Å². The Hall–Kier alpha value is -1.72. The van der Waals surface area contributed by atoms with Crippen LogP contribution in [0.2, 0.25) is 5.02 Å². The van der Waals surface area contributed by atoms with E-state index in [1.165, 1.54) is 18.2 Å². The van der Waals surface area contributed by atoms with Gasteiger partial charge in [-0.25, -0.2) is 0 Å². The lowest BCUT2D eigenvalue weighted by atomic mass is 10.2. The number of amides is 1. The highest BCUT2D eigenvalue weighted by molar-refractivity contribution is 9.10. The number of phenols is 1. The van der Waals surface area contributed by atoms with Gasteiger partial charge >= 0.3 is 0 Å². The van der Waals surface area contributed by atoms with Crippen molar-refractivity contribution in [2.24, 2.45) is 0 Å². The molecule has 0 fully saturated rings. The first-order valence-electron chi connectivity index (χ1n) is 5.32. The molecule has 0 saturated carbocycles.